The number of aromatic amines is 1. The third kappa shape index (κ3) is 5.24. The number of hydrogen-bond acceptors (Lipinski definition) is 4. The number of pyridine rings is 1. The first-order chi connectivity index (χ1) is 12.4. The second-order valence-corrected chi connectivity index (χ2v) is 6.46. The van der Waals surface area contributed by atoms with Crippen LogP contribution in [0.1, 0.15) is 35.8 Å². The molecule has 2 rings (SSSR count). The molecule has 0 saturated heterocycles. The van der Waals surface area contributed by atoms with Crippen LogP contribution in [0.3, 0.4) is 0 Å². The van der Waals surface area contributed by atoms with E-state index in [1.807, 2.05) is 24.3 Å². The number of carbonyl (C=O) groups excluding carboxylic acids is 1. The van der Waals surface area contributed by atoms with Crippen LogP contribution >= 0.6 is 34.8 Å². The Kier molecular flexibility index (Phi) is 7.50. The molecule has 1 amide bonds. The lowest BCUT2D eigenvalue weighted by Crippen LogP contribution is -2.28. The average Bonchev–Trinajstić information content (AvgIpc) is 2.64. The van der Waals surface area contributed by atoms with Crippen LogP contribution in [0.5, 0.6) is 5.75 Å². The maximum Gasteiger partial charge on any atom is 0.337 e. The number of H-pyrrole nitrogens is 1. The summed E-state index contributed by atoms with van der Waals surface area (Å²) >= 11 is 17.7. The van der Waals surface area contributed by atoms with Crippen LogP contribution in [0.25, 0.3) is 0 Å². The maximum atomic E-state index is 12.2. The summed E-state index contributed by atoms with van der Waals surface area (Å²) < 4.78 is 5.58. The van der Waals surface area contributed by atoms with Gasteiger partial charge in [-0.1, -0.05) is 36.5 Å². The van der Waals surface area contributed by atoms with E-state index in [0.29, 0.717) is 6.61 Å². The quantitative estimate of drug-likeness (QED) is 0.309. The molecule has 1 aromatic heterocycles. The number of nitrogen functional groups attached to an aromatic ring is 1. The van der Waals surface area contributed by atoms with Gasteiger partial charge in [0.2, 0.25) is 0 Å². The van der Waals surface area contributed by atoms with Crippen LogP contribution < -0.4 is 20.9 Å². The van der Waals surface area contributed by atoms with Crippen molar-refractivity contribution >= 4 is 52.6 Å². The SMILES string of the molecule is CCCCOc1ccc(/C=N/NC(=O)c2[nH+]c(Cl)c(Cl)c(N)c2Cl)cc1. The van der Waals surface area contributed by atoms with Gasteiger partial charge < -0.3 is 10.5 Å². The maximum absolute atomic E-state index is 12.2. The highest BCUT2D eigenvalue weighted by molar-refractivity contribution is 6.45. The number of hydrogen-bond donors (Lipinski definition) is 2. The molecular formula is C17H18Cl3N4O2+. The first-order valence-electron chi connectivity index (χ1n) is 7.85. The topological polar surface area (TPSA) is 90.8 Å². The van der Waals surface area contributed by atoms with Crippen LogP contribution in [0.15, 0.2) is 29.4 Å². The van der Waals surface area contributed by atoms with Gasteiger partial charge in [-0.3, -0.25) is 4.79 Å². The lowest BCUT2D eigenvalue weighted by molar-refractivity contribution is -0.379. The van der Waals surface area contributed by atoms with Crippen molar-refractivity contribution in [2.45, 2.75) is 19.8 Å². The summed E-state index contributed by atoms with van der Waals surface area (Å²) in [6.07, 6.45) is 3.58. The molecule has 0 aliphatic rings. The minimum absolute atomic E-state index is 0.0151. The number of aromatic nitrogens is 1. The number of rotatable bonds is 7. The molecule has 0 unspecified atom stereocenters. The molecule has 0 bridgehead atoms. The van der Waals surface area contributed by atoms with E-state index in [-0.39, 0.29) is 26.6 Å². The largest absolute Gasteiger partial charge is 0.494 e. The standard InChI is InChI=1S/C17H17Cl3N4O2/c1-2-3-8-26-11-6-4-10(5-7-11)9-22-24-17(25)15-12(18)14(21)13(19)16(20)23-15/h4-7,9H,2-3,8H2,1H3,(H2,21,23)(H,24,25)/p+1/b22-9+. The molecular weight excluding hydrogens is 399 g/mol. The summed E-state index contributed by atoms with van der Waals surface area (Å²) in [4.78, 5) is 14.7. The number of nitrogens with one attached hydrogen (secondary N) is 2. The van der Waals surface area contributed by atoms with E-state index in [1.165, 1.54) is 6.21 Å². The zero-order chi connectivity index (χ0) is 19.1. The molecule has 0 saturated carbocycles. The van der Waals surface area contributed by atoms with E-state index in [4.69, 9.17) is 45.3 Å². The number of benzene rings is 1. The van der Waals surface area contributed by atoms with Crippen molar-refractivity contribution in [3.8, 4) is 5.75 Å². The fraction of sp³-hybridized carbons (Fsp3) is 0.235. The van der Waals surface area contributed by atoms with Crippen molar-refractivity contribution in [2.75, 3.05) is 12.3 Å². The van der Waals surface area contributed by atoms with Crippen molar-refractivity contribution in [1.29, 1.82) is 0 Å². The van der Waals surface area contributed by atoms with E-state index in [1.54, 1.807) is 0 Å². The smallest absolute Gasteiger partial charge is 0.337 e. The molecule has 0 spiro atoms. The van der Waals surface area contributed by atoms with E-state index < -0.39 is 5.91 Å². The Hall–Kier alpha value is -2.02. The van der Waals surface area contributed by atoms with Crippen molar-refractivity contribution in [3.63, 3.8) is 0 Å². The highest BCUT2D eigenvalue weighted by Crippen LogP contribution is 2.31. The van der Waals surface area contributed by atoms with E-state index in [2.05, 4.69) is 22.4 Å². The summed E-state index contributed by atoms with van der Waals surface area (Å²) in [5.74, 6) is 0.184. The van der Waals surface area contributed by atoms with Gasteiger partial charge in [0.1, 0.15) is 15.8 Å². The minimum Gasteiger partial charge on any atom is -0.494 e. The first kappa shape index (κ1) is 20.3. The number of unbranched alkanes of at least 4 members (excludes halogenated alkanes) is 1. The molecule has 1 heterocycles. The first-order valence-corrected chi connectivity index (χ1v) is 8.99. The number of amides is 1. The molecule has 0 radical (unpaired) electrons. The van der Waals surface area contributed by atoms with Crippen LogP contribution in [0.2, 0.25) is 15.2 Å². The summed E-state index contributed by atoms with van der Waals surface area (Å²) in [5, 5.41) is 3.93. The molecule has 9 heteroatoms. The normalized spacial score (nSPS) is 10.9. The van der Waals surface area contributed by atoms with Gasteiger partial charge in [0, 0.05) is 0 Å². The van der Waals surface area contributed by atoms with Gasteiger partial charge >= 0.3 is 5.91 Å². The molecule has 4 N–H and O–H groups in total. The summed E-state index contributed by atoms with van der Waals surface area (Å²) in [6.45, 7) is 2.79. The number of ether oxygens (including phenoxy) is 1. The molecule has 2 aromatic rings. The molecule has 138 valence electrons. The molecule has 1 aromatic carbocycles. The number of anilines is 1. The van der Waals surface area contributed by atoms with E-state index in [9.17, 15) is 4.79 Å². The predicted octanol–water partition coefficient (Wildman–Crippen LogP) is 3.99. The summed E-state index contributed by atoms with van der Waals surface area (Å²) in [5.41, 5.74) is 8.82. The Labute approximate surface area is 166 Å². The molecule has 0 aliphatic heterocycles. The Balaban J connectivity index is 1.99. The van der Waals surface area contributed by atoms with Crippen molar-refractivity contribution < 1.29 is 14.5 Å². The van der Waals surface area contributed by atoms with E-state index in [0.717, 1.165) is 24.2 Å². The third-order valence-electron chi connectivity index (χ3n) is 3.37. The number of carbonyl (C=O) groups is 1. The van der Waals surface area contributed by atoms with Gasteiger partial charge in [-0.05, 0) is 47.9 Å². The summed E-state index contributed by atoms with van der Waals surface area (Å²) in [7, 11) is 0. The van der Waals surface area contributed by atoms with Gasteiger partial charge in [-0.2, -0.15) is 10.1 Å². The Morgan fingerprint density at radius 2 is 1.96 bits per heavy atom. The number of nitrogens with two attached hydrogens (primary N) is 1. The lowest BCUT2D eigenvalue weighted by Gasteiger charge is -2.05. The zero-order valence-electron chi connectivity index (χ0n) is 14.0. The molecule has 0 atom stereocenters. The van der Waals surface area contributed by atoms with Gasteiger partial charge in [-0.25, -0.2) is 5.43 Å². The van der Waals surface area contributed by atoms with E-state index >= 15 is 0 Å². The molecule has 0 fully saturated rings. The fourth-order valence-electron chi connectivity index (χ4n) is 1.93. The Bertz CT molecular complexity index is 811. The number of nitrogens with zero attached hydrogens (tertiary/aromatic N) is 1. The fourth-order valence-corrected chi connectivity index (χ4v) is 2.54. The Morgan fingerprint density at radius 3 is 2.62 bits per heavy atom. The van der Waals surface area contributed by atoms with Gasteiger partial charge in [-0.15, -0.1) is 0 Å². The second kappa shape index (κ2) is 9.62. The van der Waals surface area contributed by atoms with Crippen molar-refractivity contribution in [2.24, 2.45) is 5.10 Å². The monoisotopic (exact) mass is 415 g/mol. The van der Waals surface area contributed by atoms with Crippen LogP contribution in [0, 0.1) is 0 Å². The number of halogens is 3. The van der Waals surface area contributed by atoms with Gasteiger partial charge in [0.25, 0.3) is 10.8 Å². The molecule has 0 aliphatic carbocycles. The Morgan fingerprint density at radius 1 is 1.27 bits per heavy atom. The van der Waals surface area contributed by atoms with Gasteiger partial charge in [0.05, 0.1) is 18.5 Å². The highest BCUT2D eigenvalue weighted by atomic mass is 35.5. The lowest BCUT2D eigenvalue weighted by atomic mass is 10.2. The van der Waals surface area contributed by atoms with Crippen LogP contribution in [0.4, 0.5) is 5.69 Å². The van der Waals surface area contributed by atoms with Crippen molar-refractivity contribution in [1.82, 2.24) is 5.43 Å². The highest BCUT2D eigenvalue weighted by Gasteiger charge is 2.25. The number of hydrazone groups is 1. The van der Waals surface area contributed by atoms with Crippen LogP contribution in [-0.4, -0.2) is 18.7 Å². The molecule has 26 heavy (non-hydrogen) atoms. The molecule has 6 nitrogen and oxygen atoms in total. The predicted molar refractivity (Wildman–Crippen MR) is 104 cm³/mol. The third-order valence-corrected chi connectivity index (χ3v) is 4.54. The zero-order valence-corrected chi connectivity index (χ0v) is 16.3. The summed E-state index contributed by atoms with van der Waals surface area (Å²) in [6, 6.07) is 7.33. The van der Waals surface area contributed by atoms with Crippen molar-refractivity contribution in [3.05, 3.63) is 50.7 Å². The van der Waals surface area contributed by atoms with Gasteiger partial charge in [0.15, 0.2) is 0 Å². The minimum atomic E-state index is -0.601. The van der Waals surface area contributed by atoms with Crippen LogP contribution in [-0.2, 0) is 0 Å². The second-order valence-electron chi connectivity index (χ2n) is 5.33. The average molecular weight is 417 g/mol.